The van der Waals surface area contributed by atoms with Crippen LogP contribution in [0.25, 0.3) is 5.57 Å². The first-order valence-electron chi connectivity index (χ1n) is 7.05. The molecule has 2 aromatic carbocycles. The summed E-state index contributed by atoms with van der Waals surface area (Å²) in [7, 11) is 0. The Morgan fingerprint density at radius 1 is 1.05 bits per heavy atom. The van der Waals surface area contributed by atoms with Gasteiger partial charge in [0.05, 0.1) is 0 Å². The van der Waals surface area contributed by atoms with Crippen LogP contribution in [-0.4, -0.2) is 3.61 Å². The highest BCUT2D eigenvalue weighted by Gasteiger charge is 2.34. The van der Waals surface area contributed by atoms with E-state index in [1.54, 1.807) is 0 Å². The Hall–Kier alpha value is -1.55. The van der Waals surface area contributed by atoms with Crippen LogP contribution < -0.4 is 4.74 Å². The number of rotatable bonds is 3. The SMILES string of the molecule is Cc1cccc(OC2(I)CC=CC=C2c2ccccc2)c1. The second kappa shape index (κ2) is 6.06. The van der Waals surface area contributed by atoms with Crippen molar-refractivity contribution >= 4 is 28.2 Å². The summed E-state index contributed by atoms with van der Waals surface area (Å²) in [5, 5.41) is 0. The number of hydrogen-bond donors (Lipinski definition) is 0. The van der Waals surface area contributed by atoms with Gasteiger partial charge in [0, 0.05) is 12.0 Å². The van der Waals surface area contributed by atoms with Gasteiger partial charge in [-0.2, -0.15) is 0 Å². The van der Waals surface area contributed by atoms with Crippen LogP contribution in [0.2, 0.25) is 0 Å². The van der Waals surface area contributed by atoms with Gasteiger partial charge in [0.15, 0.2) is 3.61 Å². The van der Waals surface area contributed by atoms with Crippen molar-refractivity contribution in [1.29, 1.82) is 0 Å². The molecule has 106 valence electrons. The number of hydrogen-bond acceptors (Lipinski definition) is 1. The highest BCUT2D eigenvalue weighted by atomic mass is 127. The summed E-state index contributed by atoms with van der Waals surface area (Å²) in [5.74, 6) is 0.918. The average Bonchev–Trinajstić information content (AvgIpc) is 2.48. The van der Waals surface area contributed by atoms with Crippen molar-refractivity contribution in [3.8, 4) is 5.75 Å². The van der Waals surface area contributed by atoms with Crippen LogP contribution in [0.1, 0.15) is 17.5 Å². The van der Waals surface area contributed by atoms with Crippen molar-refractivity contribution < 1.29 is 4.74 Å². The molecule has 1 nitrogen and oxygen atoms in total. The largest absolute Gasteiger partial charge is 0.472 e. The maximum absolute atomic E-state index is 6.36. The Labute approximate surface area is 139 Å². The molecule has 1 unspecified atom stereocenters. The molecule has 0 aromatic heterocycles. The van der Waals surface area contributed by atoms with E-state index in [0.29, 0.717) is 0 Å². The Kier molecular flexibility index (Phi) is 4.15. The van der Waals surface area contributed by atoms with Gasteiger partial charge in [-0.05, 0) is 52.8 Å². The van der Waals surface area contributed by atoms with Crippen LogP contribution in [0.3, 0.4) is 0 Å². The molecule has 0 heterocycles. The number of ether oxygens (including phenoxy) is 1. The third-order valence-electron chi connectivity index (χ3n) is 3.54. The van der Waals surface area contributed by atoms with E-state index < -0.39 is 0 Å². The summed E-state index contributed by atoms with van der Waals surface area (Å²) in [6.45, 7) is 2.08. The van der Waals surface area contributed by atoms with Crippen LogP contribution in [-0.2, 0) is 0 Å². The maximum Gasteiger partial charge on any atom is 0.188 e. The van der Waals surface area contributed by atoms with Crippen LogP contribution in [0.4, 0.5) is 0 Å². The summed E-state index contributed by atoms with van der Waals surface area (Å²) < 4.78 is 6.00. The first-order valence-corrected chi connectivity index (χ1v) is 8.13. The molecule has 3 rings (SSSR count). The predicted molar refractivity (Wildman–Crippen MR) is 96.7 cm³/mol. The van der Waals surface area contributed by atoms with Gasteiger partial charge < -0.3 is 4.74 Å². The lowest BCUT2D eigenvalue weighted by Crippen LogP contribution is -2.30. The minimum atomic E-state index is -0.359. The molecule has 21 heavy (non-hydrogen) atoms. The first kappa shape index (κ1) is 14.4. The topological polar surface area (TPSA) is 9.23 Å². The van der Waals surface area contributed by atoms with Crippen molar-refractivity contribution in [2.24, 2.45) is 0 Å². The minimum Gasteiger partial charge on any atom is -0.472 e. The van der Waals surface area contributed by atoms with Crippen molar-refractivity contribution in [2.75, 3.05) is 0 Å². The molecule has 0 saturated carbocycles. The summed E-state index contributed by atoms with van der Waals surface area (Å²) in [5.41, 5.74) is 3.64. The van der Waals surface area contributed by atoms with E-state index in [9.17, 15) is 0 Å². The van der Waals surface area contributed by atoms with Gasteiger partial charge in [0.25, 0.3) is 0 Å². The van der Waals surface area contributed by atoms with E-state index in [1.807, 2.05) is 18.2 Å². The van der Waals surface area contributed by atoms with E-state index in [4.69, 9.17) is 4.74 Å². The molecule has 0 fully saturated rings. The normalized spacial score (nSPS) is 21.0. The lowest BCUT2D eigenvalue weighted by atomic mass is 9.94. The highest BCUT2D eigenvalue weighted by Crippen LogP contribution is 2.42. The Balaban J connectivity index is 1.95. The average molecular weight is 388 g/mol. The molecule has 1 aliphatic carbocycles. The van der Waals surface area contributed by atoms with E-state index in [-0.39, 0.29) is 3.61 Å². The fourth-order valence-corrected chi connectivity index (χ4v) is 3.51. The number of benzene rings is 2. The van der Waals surface area contributed by atoms with Crippen molar-refractivity contribution in [3.63, 3.8) is 0 Å². The van der Waals surface area contributed by atoms with Gasteiger partial charge in [0.1, 0.15) is 5.75 Å². The lowest BCUT2D eigenvalue weighted by Gasteiger charge is -2.32. The Morgan fingerprint density at radius 3 is 2.62 bits per heavy atom. The molecule has 0 aliphatic heterocycles. The summed E-state index contributed by atoms with van der Waals surface area (Å²) in [4.78, 5) is 0. The summed E-state index contributed by atoms with van der Waals surface area (Å²) in [6.07, 6.45) is 7.29. The predicted octanol–water partition coefficient (Wildman–Crippen LogP) is 5.55. The Bertz CT molecular complexity index is 688. The third kappa shape index (κ3) is 3.21. The molecule has 1 atom stereocenters. The molecule has 0 N–H and O–H groups in total. The van der Waals surface area contributed by atoms with Crippen molar-refractivity contribution in [2.45, 2.75) is 17.0 Å². The molecule has 0 amide bonds. The monoisotopic (exact) mass is 388 g/mol. The zero-order valence-corrected chi connectivity index (χ0v) is 14.1. The molecule has 0 radical (unpaired) electrons. The van der Waals surface area contributed by atoms with E-state index in [2.05, 4.69) is 84.1 Å². The van der Waals surface area contributed by atoms with Crippen LogP contribution in [0, 0.1) is 6.92 Å². The van der Waals surface area contributed by atoms with E-state index >= 15 is 0 Å². The van der Waals surface area contributed by atoms with Gasteiger partial charge in [-0.3, -0.25) is 0 Å². The quantitative estimate of drug-likeness (QED) is 0.495. The van der Waals surface area contributed by atoms with Gasteiger partial charge in [-0.25, -0.2) is 0 Å². The van der Waals surface area contributed by atoms with Crippen molar-refractivity contribution in [1.82, 2.24) is 0 Å². The van der Waals surface area contributed by atoms with Gasteiger partial charge in [-0.15, -0.1) is 0 Å². The summed E-state index contributed by atoms with van der Waals surface area (Å²) >= 11 is 2.43. The molecular weight excluding hydrogens is 371 g/mol. The van der Waals surface area contributed by atoms with E-state index in [0.717, 1.165) is 12.2 Å². The first-order chi connectivity index (χ1) is 10.2. The lowest BCUT2D eigenvalue weighted by molar-refractivity contribution is 0.244. The molecular formula is C19H17IO. The van der Waals surface area contributed by atoms with Crippen molar-refractivity contribution in [3.05, 3.63) is 84.0 Å². The smallest absolute Gasteiger partial charge is 0.188 e. The minimum absolute atomic E-state index is 0.359. The number of aryl methyl sites for hydroxylation is 1. The maximum atomic E-state index is 6.36. The molecule has 2 aromatic rings. The fraction of sp³-hybridized carbons (Fsp3) is 0.158. The van der Waals surface area contributed by atoms with Gasteiger partial charge in [-0.1, -0.05) is 60.7 Å². The summed E-state index contributed by atoms with van der Waals surface area (Å²) in [6, 6.07) is 18.7. The molecule has 1 aliphatic rings. The zero-order valence-electron chi connectivity index (χ0n) is 11.9. The molecule has 2 heteroatoms. The molecule has 0 bridgehead atoms. The zero-order chi connectivity index (χ0) is 14.7. The fourth-order valence-electron chi connectivity index (χ4n) is 2.51. The molecule has 0 spiro atoms. The second-order valence-corrected chi connectivity index (χ2v) is 6.97. The second-order valence-electron chi connectivity index (χ2n) is 5.23. The van der Waals surface area contributed by atoms with Crippen LogP contribution in [0.15, 0.2) is 72.8 Å². The molecule has 0 saturated heterocycles. The van der Waals surface area contributed by atoms with Crippen LogP contribution >= 0.6 is 22.6 Å². The van der Waals surface area contributed by atoms with Gasteiger partial charge >= 0.3 is 0 Å². The standard InChI is InChI=1S/C19H17IO/c1-15-8-7-11-17(14-15)21-19(20)13-6-5-12-18(19)16-9-3-2-4-10-16/h2-12,14H,13H2,1H3. The van der Waals surface area contributed by atoms with E-state index in [1.165, 1.54) is 16.7 Å². The number of alkyl halides is 1. The third-order valence-corrected chi connectivity index (χ3v) is 4.78. The van der Waals surface area contributed by atoms with Crippen LogP contribution in [0.5, 0.6) is 5.75 Å². The highest BCUT2D eigenvalue weighted by molar-refractivity contribution is 14.1. The number of halogens is 1. The Morgan fingerprint density at radius 2 is 1.86 bits per heavy atom. The number of allylic oxidation sites excluding steroid dienone is 2. The van der Waals surface area contributed by atoms with Gasteiger partial charge in [0.2, 0.25) is 0 Å².